The van der Waals surface area contributed by atoms with Crippen LogP contribution in [-0.4, -0.2) is 33.0 Å². The Kier molecular flexibility index (Phi) is 7.68. The second kappa shape index (κ2) is 9.61. The highest BCUT2D eigenvalue weighted by atomic mass is 35.5. The van der Waals surface area contributed by atoms with Gasteiger partial charge in [0.05, 0.1) is 15.5 Å². The summed E-state index contributed by atoms with van der Waals surface area (Å²) >= 11 is 6.15. The molecule has 0 saturated carbocycles. The van der Waals surface area contributed by atoms with Crippen LogP contribution in [0.1, 0.15) is 45.0 Å². The van der Waals surface area contributed by atoms with E-state index in [1.54, 1.807) is 13.8 Å². The number of sulfonamides is 1. The number of anilines is 2. The molecule has 0 atom stereocenters. The van der Waals surface area contributed by atoms with Crippen molar-refractivity contribution in [2.45, 2.75) is 51.6 Å². The molecule has 8 heteroatoms. The van der Waals surface area contributed by atoms with E-state index in [9.17, 15) is 13.2 Å². The average molecular weight is 438 g/mol. The fourth-order valence-corrected chi connectivity index (χ4v) is 4.48. The van der Waals surface area contributed by atoms with Gasteiger partial charge in [-0.15, -0.1) is 0 Å². The number of hydrogen-bond donors (Lipinski definition) is 2. The predicted octanol–water partition coefficient (Wildman–Crippen LogP) is 4.51. The van der Waals surface area contributed by atoms with Crippen molar-refractivity contribution in [1.82, 2.24) is 4.72 Å². The van der Waals surface area contributed by atoms with Crippen molar-refractivity contribution in [2.24, 2.45) is 0 Å². The van der Waals surface area contributed by atoms with E-state index in [4.69, 9.17) is 11.6 Å². The van der Waals surface area contributed by atoms with Crippen LogP contribution in [0.15, 0.2) is 47.4 Å². The van der Waals surface area contributed by atoms with Crippen LogP contribution < -0.4 is 14.9 Å². The third-order valence-corrected chi connectivity index (χ3v) is 6.29. The highest BCUT2D eigenvalue weighted by Gasteiger charge is 2.20. The molecule has 0 fully saturated rings. The Morgan fingerprint density at radius 3 is 2.21 bits per heavy atom. The first-order chi connectivity index (χ1) is 13.5. The second-order valence-corrected chi connectivity index (χ2v) is 9.42. The Bertz CT molecular complexity index is 958. The maximum absolute atomic E-state index is 12.7. The summed E-state index contributed by atoms with van der Waals surface area (Å²) in [5.74, 6) is -0.472. The molecule has 2 N–H and O–H groups in total. The van der Waals surface area contributed by atoms with Gasteiger partial charge in [0.15, 0.2) is 0 Å². The van der Waals surface area contributed by atoms with Crippen LogP contribution in [-0.2, 0) is 10.0 Å². The van der Waals surface area contributed by atoms with Crippen LogP contribution in [0.2, 0.25) is 5.02 Å². The molecule has 2 aromatic rings. The van der Waals surface area contributed by atoms with Crippen molar-refractivity contribution in [3.05, 3.63) is 53.1 Å². The SMILES string of the molecule is CCN(c1ccc(NC(=O)c2cc(S(=O)(=O)NC(C)C)ccc2Cl)cc1)C(C)C. The molecule has 0 aliphatic rings. The van der Waals surface area contributed by atoms with E-state index in [1.807, 2.05) is 24.3 Å². The monoisotopic (exact) mass is 437 g/mol. The molecule has 0 aromatic heterocycles. The fourth-order valence-electron chi connectivity index (χ4n) is 3.00. The lowest BCUT2D eigenvalue weighted by atomic mass is 10.2. The zero-order valence-corrected chi connectivity index (χ0v) is 18.9. The largest absolute Gasteiger partial charge is 0.369 e. The molecule has 0 heterocycles. The van der Waals surface area contributed by atoms with Crippen LogP contribution in [0.25, 0.3) is 0 Å². The third kappa shape index (κ3) is 5.95. The first kappa shape index (κ1) is 23.2. The molecular weight excluding hydrogens is 410 g/mol. The number of nitrogens with one attached hydrogen (secondary N) is 2. The van der Waals surface area contributed by atoms with Crippen molar-refractivity contribution >= 4 is 38.9 Å². The Labute approximate surface area is 178 Å². The van der Waals surface area contributed by atoms with E-state index in [-0.39, 0.29) is 21.5 Å². The van der Waals surface area contributed by atoms with E-state index < -0.39 is 15.9 Å². The molecule has 0 radical (unpaired) electrons. The van der Waals surface area contributed by atoms with Gasteiger partial charge < -0.3 is 10.2 Å². The second-order valence-electron chi connectivity index (χ2n) is 7.30. The zero-order chi connectivity index (χ0) is 21.8. The van der Waals surface area contributed by atoms with Gasteiger partial charge in [0.1, 0.15) is 0 Å². The maximum atomic E-state index is 12.7. The van der Waals surface area contributed by atoms with Gasteiger partial charge in [0.2, 0.25) is 10.0 Å². The van der Waals surface area contributed by atoms with Crippen molar-refractivity contribution in [3.63, 3.8) is 0 Å². The minimum atomic E-state index is -3.73. The average Bonchev–Trinajstić information content (AvgIpc) is 2.62. The summed E-state index contributed by atoms with van der Waals surface area (Å²) in [6.45, 7) is 10.7. The normalized spacial score (nSPS) is 11.7. The van der Waals surface area contributed by atoms with Crippen molar-refractivity contribution in [1.29, 1.82) is 0 Å². The van der Waals surface area contributed by atoms with Crippen LogP contribution >= 0.6 is 11.6 Å². The predicted molar refractivity (Wildman–Crippen MR) is 119 cm³/mol. The molecule has 0 unspecified atom stereocenters. The zero-order valence-electron chi connectivity index (χ0n) is 17.4. The molecule has 0 spiro atoms. The number of carbonyl (C=O) groups is 1. The van der Waals surface area contributed by atoms with Crippen molar-refractivity contribution in [3.8, 4) is 0 Å². The highest BCUT2D eigenvalue weighted by Crippen LogP contribution is 2.24. The smallest absolute Gasteiger partial charge is 0.257 e. The molecule has 6 nitrogen and oxygen atoms in total. The molecule has 29 heavy (non-hydrogen) atoms. The Morgan fingerprint density at radius 1 is 1.07 bits per heavy atom. The number of hydrogen-bond acceptors (Lipinski definition) is 4. The van der Waals surface area contributed by atoms with Crippen LogP contribution in [0, 0.1) is 0 Å². The molecule has 158 valence electrons. The van der Waals surface area contributed by atoms with Gasteiger partial charge in [0, 0.05) is 30.0 Å². The first-order valence-electron chi connectivity index (χ1n) is 9.55. The van der Waals surface area contributed by atoms with Crippen molar-refractivity contribution in [2.75, 3.05) is 16.8 Å². The van der Waals surface area contributed by atoms with Gasteiger partial charge in [-0.2, -0.15) is 0 Å². The summed E-state index contributed by atoms with van der Waals surface area (Å²) in [6.07, 6.45) is 0. The van der Waals surface area contributed by atoms with Crippen LogP contribution in [0.5, 0.6) is 0 Å². The number of nitrogens with zero attached hydrogens (tertiary/aromatic N) is 1. The topological polar surface area (TPSA) is 78.5 Å². The summed E-state index contributed by atoms with van der Waals surface area (Å²) in [6, 6.07) is 11.7. The highest BCUT2D eigenvalue weighted by molar-refractivity contribution is 7.89. The van der Waals surface area contributed by atoms with Gasteiger partial charge in [-0.1, -0.05) is 11.6 Å². The van der Waals surface area contributed by atoms with Crippen molar-refractivity contribution < 1.29 is 13.2 Å². The number of rotatable bonds is 8. The molecule has 0 bridgehead atoms. The van der Waals surface area contributed by atoms with Crippen LogP contribution in [0.4, 0.5) is 11.4 Å². The van der Waals surface area contributed by atoms with Gasteiger partial charge in [-0.3, -0.25) is 4.79 Å². The summed E-state index contributed by atoms with van der Waals surface area (Å²) < 4.78 is 27.3. The summed E-state index contributed by atoms with van der Waals surface area (Å²) in [5, 5.41) is 2.95. The van der Waals surface area contributed by atoms with Gasteiger partial charge in [-0.25, -0.2) is 13.1 Å². The molecule has 0 aliphatic heterocycles. The molecular formula is C21H28ClN3O3S. The summed E-state index contributed by atoms with van der Waals surface area (Å²) in [4.78, 5) is 14.9. The minimum absolute atomic E-state index is 0.00776. The number of benzene rings is 2. The Morgan fingerprint density at radius 2 is 1.69 bits per heavy atom. The molecule has 2 rings (SSSR count). The minimum Gasteiger partial charge on any atom is -0.369 e. The van der Waals surface area contributed by atoms with E-state index in [1.165, 1.54) is 18.2 Å². The Balaban J connectivity index is 2.24. The lowest BCUT2D eigenvalue weighted by Crippen LogP contribution is -2.30. The fraction of sp³-hybridized carbons (Fsp3) is 0.381. The lowest BCUT2D eigenvalue weighted by Gasteiger charge is -2.27. The molecule has 1 amide bonds. The lowest BCUT2D eigenvalue weighted by molar-refractivity contribution is 0.102. The van der Waals surface area contributed by atoms with Gasteiger partial charge in [-0.05, 0) is 77.1 Å². The third-order valence-electron chi connectivity index (χ3n) is 4.30. The number of amides is 1. The van der Waals surface area contributed by atoms with Gasteiger partial charge in [0.25, 0.3) is 5.91 Å². The van der Waals surface area contributed by atoms with E-state index in [0.29, 0.717) is 11.7 Å². The summed E-state index contributed by atoms with van der Waals surface area (Å²) in [7, 11) is -3.73. The first-order valence-corrected chi connectivity index (χ1v) is 11.4. The molecule has 0 saturated heterocycles. The summed E-state index contributed by atoms with van der Waals surface area (Å²) in [5.41, 5.74) is 1.76. The van der Waals surface area contributed by atoms with Crippen LogP contribution in [0.3, 0.4) is 0 Å². The van der Waals surface area contributed by atoms with E-state index >= 15 is 0 Å². The van der Waals surface area contributed by atoms with E-state index in [2.05, 4.69) is 35.7 Å². The van der Waals surface area contributed by atoms with Gasteiger partial charge >= 0.3 is 0 Å². The molecule has 2 aromatic carbocycles. The molecule has 0 aliphatic carbocycles. The number of halogens is 1. The standard InChI is InChI=1S/C21H28ClN3O3S/c1-6-25(15(4)5)17-9-7-16(8-10-17)23-21(26)19-13-18(11-12-20(19)22)29(27,28)24-14(2)3/h7-15,24H,6H2,1-5H3,(H,23,26). The van der Waals surface area contributed by atoms with E-state index in [0.717, 1.165) is 12.2 Å². The quantitative estimate of drug-likeness (QED) is 0.636. The Hall–Kier alpha value is -2.09. The maximum Gasteiger partial charge on any atom is 0.257 e. The number of carbonyl (C=O) groups excluding carboxylic acids is 1.